The van der Waals surface area contributed by atoms with E-state index in [2.05, 4.69) is 10.1 Å². The van der Waals surface area contributed by atoms with Gasteiger partial charge in [-0.1, -0.05) is 0 Å². The third-order valence-corrected chi connectivity index (χ3v) is 2.29. The minimum atomic E-state index is -1.47. The average Bonchev–Trinajstić information content (AvgIpc) is 2.84. The Hall–Kier alpha value is -2.97. The van der Waals surface area contributed by atoms with Crippen LogP contribution in [-0.2, 0) is 0 Å². The molecule has 2 aromatic heterocycles. The molecule has 9 nitrogen and oxygen atoms in total. The molecule has 0 amide bonds. The Morgan fingerprint density at radius 3 is 2.68 bits per heavy atom. The number of hydrogen-bond donors (Lipinski definition) is 1. The van der Waals surface area contributed by atoms with Gasteiger partial charge in [0.1, 0.15) is 11.9 Å². The van der Waals surface area contributed by atoms with Crippen molar-refractivity contribution >= 4 is 11.7 Å². The number of aromatic carboxylic acids is 1. The molecule has 0 aliphatic carbocycles. The standard InChI is InChI=1S/C10H8N4O5/c1-19-6-2-3-8(11-4-6)13-5-7(14(17)18)9(12-13)10(15)16/h2-5H,1H3,(H,15,16). The van der Waals surface area contributed by atoms with Crippen molar-refractivity contribution in [2.24, 2.45) is 0 Å². The Kier molecular flexibility index (Phi) is 3.10. The number of carboxylic acids is 1. The zero-order chi connectivity index (χ0) is 14.0. The maximum atomic E-state index is 10.9. The van der Waals surface area contributed by atoms with Gasteiger partial charge in [-0.25, -0.2) is 14.5 Å². The van der Waals surface area contributed by atoms with Crippen LogP contribution in [0.1, 0.15) is 10.5 Å². The second kappa shape index (κ2) is 4.72. The van der Waals surface area contributed by atoms with Gasteiger partial charge in [0.15, 0.2) is 5.82 Å². The molecule has 0 spiro atoms. The molecule has 0 fully saturated rings. The number of carbonyl (C=O) groups is 1. The molecule has 2 rings (SSSR count). The van der Waals surface area contributed by atoms with Crippen LogP contribution in [0.25, 0.3) is 5.82 Å². The monoisotopic (exact) mass is 264 g/mol. The van der Waals surface area contributed by atoms with Crippen molar-refractivity contribution in [2.45, 2.75) is 0 Å². The summed E-state index contributed by atoms with van der Waals surface area (Å²) in [4.78, 5) is 24.7. The summed E-state index contributed by atoms with van der Waals surface area (Å²) in [5.74, 6) is -0.723. The van der Waals surface area contributed by atoms with Crippen LogP contribution < -0.4 is 4.74 Å². The molecule has 2 heterocycles. The molecule has 98 valence electrons. The lowest BCUT2D eigenvalue weighted by atomic mass is 10.4. The number of carboxylic acid groups (broad SMARTS) is 1. The zero-order valence-corrected chi connectivity index (χ0v) is 9.68. The maximum Gasteiger partial charge on any atom is 0.363 e. The van der Waals surface area contributed by atoms with Crippen molar-refractivity contribution in [3.63, 3.8) is 0 Å². The highest BCUT2D eigenvalue weighted by Gasteiger charge is 2.25. The van der Waals surface area contributed by atoms with Gasteiger partial charge in [-0.05, 0) is 12.1 Å². The van der Waals surface area contributed by atoms with E-state index in [4.69, 9.17) is 9.84 Å². The van der Waals surface area contributed by atoms with E-state index in [-0.39, 0.29) is 5.82 Å². The van der Waals surface area contributed by atoms with Crippen LogP contribution in [0.4, 0.5) is 5.69 Å². The molecule has 0 saturated heterocycles. The highest BCUT2D eigenvalue weighted by Crippen LogP contribution is 2.19. The van der Waals surface area contributed by atoms with Crippen molar-refractivity contribution in [2.75, 3.05) is 7.11 Å². The van der Waals surface area contributed by atoms with Gasteiger partial charge in [0.05, 0.1) is 18.2 Å². The van der Waals surface area contributed by atoms with E-state index in [9.17, 15) is 14.9 Å². The number of methoxy groups -OCH3 is 1. The molecule has 1 N–H and O–H groups in total. The number of nitro groups is 1. The molecule has 0 radical (unpaired) electrons. The van der Waals surface area contributed by atoms with Gasteiger partial charge in [0.25, 0.3) is 0 Å². The van der Waals surface area contributed by atoms with E-state index >= 15 is 0 Å². The van der Waals surface area contributed by atoms with Crippen LogP contribution in [0.15, 0.2) is 24.5 Å². The van der Waals surface area contributed by atoms with Gasteiger partial charge in [-0.3, -0.25) is 10.1 Å². The van der Waals surface area contributed by atoms with E-state index in [0.29, 0.717) is 5.75 Å². The summed E-state index contributed by atoms with van der Waals surface area (Å²) >= 11 is 0. The lowest BCUT2D eigenvalue weighted by molar-refractivity contribution is -0.385. The molecule has 0 aromatic carbocycles. The van der Waals surface area contributed by atoms with Crippen molar-refractivity contribution in [1.82, 2.24) is 14.8 Å². The Balaban J connectivity index is 2.47. The molecular formula is C10H8N4O5. The Morgan fingerprint density at radius 2 is 2.26 bits per heavy atom. The Morgan fingerprint density at radius 1 is 1.53 bits per heavy atom. The van der Waals surface area contributed by atoms with E-state index in [0.717, 1.165) is 10.9 Å². The summed E-state index contributed by atoms with van der Waals surface area (Å²) in [5, 5.41) is 23.2. The lowest BCUT2D eigenvalue weighted by Gasteiger charge is -2.01. The maximum absolute atomic E-state index is 10.9. The third kappa shape index (κ3) is 2.34. The highest BCUT2D eigenvalue weighted by atomic mass is 16.6. The fraction of sp³-hybridized carbons (Fsp3) is 0.100. The summed E-state index contributed by atoms with van der Waals surface area (Å²) in [5.41, 5.74) is -1.23. The fourth-order valence-electron chi connectivity index (χ4n) is 1.40. The van der Waals surface area contributed by atoms with E-state index < -0.39 is 22.3 Å². The summed E-state index contributed by atoms with van der Waals surface area (Å²) in [6.45, 7) is 0. The molecule has 2 aromatic rings. The van der Waals surface area contributed by atoms with E-state index in [1.807, 2.05) is 0 Å². The molecular weight excluding hydrogens is 256 g/mol. The zero-order valence-electron chi connectivity index (χ0n) is 9.68. The summed E-state index contributed by atoms with van der Waals surface area (Å²) in [6, 6.07) is 3.08. The molecule has 0 bridgehead atoms. The van der Waals surface area contributed by atoms with Crippen molar-refractivity contribution in [3.05, 3.63) is 40.3 Å². The number of hydrogen-bond acceptors (Lipinski definition) is 6. The molecule has 0 unspecified atom stereocenters. The minimum absolute atomic E-state index is 0.247. The number of rotatable bonds is 4. The van der Waals surface area contributed by atoms with Crippen LogP contribution in [0.3, 0.4) is 0 Å². The number of aromatic nitrogens is 3. The smallest absolute Gasteiger partial charge is 0.363 e. The van der Waals surface area contributed by atoms with Gasteiger partial charge in [0, 0.05) is 0 Å². The molecule has 0 aliphatic rings. The first kappa shape index (κ1) is 12.5. The highest BCUT2D eigenvalue weighted by molar-refractivity contribution is 5.89. The van der Waals surface area contributed by atoms with E-state index in [1.165, 1.54) is 19.4 Å². The molecule has 0 aliphatic heterocycles. The van der Waals surface area contributed by atoms with Gasteiger partial charge >= 0.3 is 11.7 Å². The van der Waals surface area contributed by atoms with Crippen LogP contribution >= 0.6 is 0 Å². The normalized spacial score (nSPS) is 10.2. The predicted octanol–water partition coefficient (Wildman–Crippen LogP) is 0.882. The third-order valence-electron chi connectivity index (χ3n) is 2.29. The van der Waals surface area contributed by atoms with Gasteiger partial charge < -0.3 is 9.84 Å². The van der Waals surface area contributed by atoms with Crippen molar-refractivity contribution in [1.29, 1.82) is 0 Å². The fourth-order valence-corrected chi connectivity index (χ4v) is 1.40. The first-order chi connectivity index (χ1) is 9.02. The summed E-state index contributed by atoms with van der Waals surface area (Å²) in [7, 11) is 1.47. The van der Waals surface area contributed by atoms with Crippen LogP contribution in [0, 0.1) is 10.1 Å². The molecule has 0 atom stereocenters. The average molecular weight is 264 g/mol. The quantitative estimate of drug-likeness (QED) is 0.642. The van der Waals surface area contributed by atoms with Crippen molar-refractivity contribution in [3.8, 4) is 11.6 Å². The summed E-state index contributed by atoms with van der Waals surface area (Å²) in [6.07, 6.45) is 2.39. The van der Waals surface area contributed by atoms with Crippen molar-refractivity contribution < 1.29 is 19.6 Å². The number of ether oxygens (including phenoxy) is 1. The van der Waals surface area contributed by atoms with Gasteiger partial charge in [0.2, 0.25) is 5.69 Å². The second-order valence-electron chi connectivity index (χ2n) is 3.43. The number of pyridine rings is 1. The van der Waals surface area contributed by atoms with Crippen LogP contribution in [0.2, 0.25) is 0 Å². The Labute approximate surface area is 106 Å². The van der Waals surface area contributed by atoms with Crippen LogP contribution in [-0.4, -0.2) is 37.9 Å². The largest absolute Gasteiger partial charge is 0.495 e. The first-order valence-electron chi connectivity index (χ1n) is 5.00. The van der Waals surface area contributed by atoms with E-state index in [1.54, 1.807) is 6.07 Å². The molecule has 19 heavy (non-hydrogen) atoms. The predicted molar refractivity (Wildman–Crippen MR) is 61.5 cm³/mol. The summed E-state index contributed by atoms with van der Waals surface area (Å²) < 4.78 is 5.94. The van der Waals surface area contributed by atoms with Crippen LogP contribution in [0.5, 0.6) is 5.75 Å². The SMILES string of the molecule is COc1ccc(-n2cc([N+](=O)[O-])c(C(=O)O)n2)nc1. The molecule has 0 saturated carbocycles. The van der Waals surface area contributed by atoms with Gasteiger partial charge in [-0.15, -0.1) is 0 Å². The lowest BCUT2D eigenvalue weighted by Crippen LogP contribution is -2.03. The topological polar surface area (TPSA) is 120 Å². The minimum Gasteiger partial charge on any atom is -0.495 e. The second-order valence-corrected chi connectivity index (χ2v) is 3.43. The Bertz CT molecular complexity index is 602. The number of nitrogens with zero attached hydrogens (tertiary/aromatic N) is 4. The first-order valence-corrected chi connectivity index (χ1v) is 5.00. The molecule has 9 heteroatoms. The van der Waals surface area contributed by atoms with Gasteiger partial charge in [-0.2, -0.15) is 5.10 Å².